The first kappa shape index (κ1) is 16.8. The molecule has 2 saturated heterocycles. The summed E-state index contributed by atoms with van der Waals surface area (Å²) in [4.78, 5) is 4.18. The maximum Gasteiger partial charge on any atom is 0.0701 e. The SMILES string of the molecule is C1CNCCN1.C1CNCCN1.c1ccc2ncccc2c1. The topological polar surface area (TPSA) is 61.0 Å². The Morgan fingerprint density at radius 2 is 1.05 bits per heavy atom. The van der Waals surface area contributed by atoms with Gasteiger partial charge in [0.15, 0.2) is 0 Å². The molecule has 1 aromatic heterocycles. The minimum Gasteiger partial charge on any atom is -0.314 e. The van der Waals surface area contributed by atoms with Crippen LogP contribution in [-0.2, 0) is 0 Å². The molecule has 0 aliphatic carbocycles. The van der Waals surface area contributed by atoms with Crippen molar-refractivity contribution in [3.63, 3.8) is 0 Å². The number of hydrogen-bond donors (Lipinski definition) is 4. The van der Waals surface area contributed by atoms with Crippen molar-refractivity contribution in [2.75, 3.05) is 52.4 Å². The van der Waals surface area contributed by atoms with E-state index in [2.05, 4.69) is 38.4 Å². The van der Waals surface area contributed by atoms with Gasteiger partial charge in [0, 0.05) is 63.9 Å². The van der Waals surface area contributed by atoms with E-state index in [0.29, 0.717) is 0 Å². The lowest BCUT2D eigenvalue weighted by Crippen LogP contribution is -2.39. The minimum absolute atomic E-state index is 1.06. The van der Waals surface area contributed by atoms with Crippen LogP contribution in [0, 0.1) is 0 Å². The lowest BCUT2D eigenvalue weighted by molar-refractivity contribution is 0.534. The van der Waals surface area contributed by atoms with Crippen molar-refractivity contribution in [1.29, 1.82) is 0 Å². The second-order valence-electron chi connectivity index (χ2n) is 5.20. The Balaban J connectivity index is 0.000000128. The smallest absolute Gasteiger partial charge is 0.0701 e. The van der Waals surface area contributed by atoms with Gasteiger partial charge < -0.3 is 21.3 Å². The molecule has 2 aliphatic rings. The van der Waals surface area contributed by atoms with Crippen LogP contribution in [0.2, 0.25) is 0 Å². The Hall–Kier alpha value is -1.53. The highest BCUT2D eigenvalue weighted by molar-refractivity contribution is 5.77. The molecule has 2 fully saturated rings. The van der Waals surface area contributed by atoms with Crippen LogP contribution in [0.5, 0.6) is 0 Å². The van der Waals surface area contributed by atoms with Crippen LogP contribution in [0.3, 0.4) is 0 Å². The summed E-state index contributed by atoms with van der Waals surface area (Å²) in [6, 6.07) is 12.1. The van der Waals surface area contributed by atoms with Gasteiger partial charge in [-0.3, -0.25) is 4.98 Å². The fraction of sp³-hybridized carbons (Fsp3) is 0.471. The third-order valence-electron chi connectivity index (χ3n) is 3.43. The van der Waals surface area contributed by atoms with Crippen LogP contribution >= 0.6 is 0 Å². The Kier molecular flexibility index (Phi) is 8.49. The lowest BCUT2D eigenvalue weighted by atomic mass is 10.2. The van der Waals surface area contributed by atoms with Gasteiger partial charge in [-0.25, -0.2) is 0 Å². The predicted molar refractivity (Wildman–Crippen MR) is 93.2 cm³/mol. The fourth-order valence-corrected chi connectivity index (χ4v) is 2.22. The van der Waals surface area contributed by atoms with Crippen molar-refractivity contribution >= 4 is 10.9 Å². The molecule has 5 nitrogen and oxygen atoms in total. The molecule has 4 rings (SSSR count). The Bertz CT molecular complexity index is 409. The second kappa shape index (κ2) is 11.1. The molecule has 1 aromatic carbocycles. The van der Waals surface area contributed by atoms with E-state index in [1.54, 1.807) is 0 Å². The predicted octanol–water partition coefficient (Wildman–Crippen LogP) is 0.593. The number of rotatable bonds is 0. The summed E-state index contributed by atoms with van der Waals surface area (Å²) in [5.41, 5.74) is 1.06. The van der Waals surface area contributed by atoms with E-state index in [0.717, 1.165) is 57.9 Å². The molecule has 0 atom stereocenters. The third-order valence-corrected chi connectivity index (χ3v) is 3.43. The van der Waals surface area contributed by atoms with Crippen molar-refractivity contribution in [3.05, 3.63) is 42.6 Å². The molecule has 2 aliphatic heterocycles. The van der Waals surface area contributed by atoms with E-state index in [1.807, 2.05) is 30.5 Å². The maximum absolute atomic E-state index is 4.18. The summed E-state index contributed by atoms with van der Waals surface area (Å²) < 4.78 is 0. The highest BCUT2D eigenvalue weighted by atomic mass is 15.0. The van der Waals surface area contributed by atoms with Gasteiger partial charge in [0.05, 0.1) is 5.52 Å². The standard InChI is InChI=1S/C9H7N.2C4H10N2/c1-2-6-9-8(4-1)5-3-7-10-9;2*1-2-6-4-3-5-1/h1-7H;2*5-6H,1-4H2. The first-order chi connectivity index (χ1) is 11.0. The Labute approximate surface area is 132 Å². The number of benzene rings is 1. The average Bonchev–Trinajstić information content (AvgIpc) is 2.66. The van der Waals surface area contributed by atoms with Crippen molar-refractivity contribution in [3.8, 4) is 0 Å². The number of hydrogen-bond acceptors (Lipinski definition) is 5. The molecule has 22 heavy (non-hydrogen) atoms. The number of piperazine rings is 2. The van der Waals surface area contributed by atoms with Gasteiger partial charge in [-0.15, -0.1) is 0 Å². The molecule has 2 aromatic rings. The second-order valence-corrected chi connectivity index (χ2v) is 5.20. The highest BCUT2D eigenvalue weighted by Gasteiger charge is 1.92. The van der Waals surface area contributed by atoms with E-state index in [4.69, 9.17) is 0 Å². The van der Waals surface area contributed by atoms with Crippen molar-refractivity contribution in [1.82, 2.24) is 26.3 Å². The van der Waals surface area contributed by atoms with Gasteiger partial charge in [-0.05, 0) is 12.1 Å². The van der Waals surface area contributed by atoms with Crippen LogP contribution < -0.4 is 21.3 Å². The summed E-state index contributed by atoms with van der Waals surface area (Å²) in [5, 5.41) is 14.1. The molecular weight excluding hydrogens is 274 g/mol. The molecule has 0 amide bonds. The summed E-state index contributed by atoms with van der Waals surface area (Å²) >= 11 is 0. The lowest BCUT2D eigenvalue weighted by Gasteiger charge is -2.11. The normalized spacial score (nSPS) is 17.6. The summed E-state index contributed by atoms with van der Waals surface area (Å²) in [5.74, 6) is 0. The average molecular weight is 301 g/mol. The number of nitrogens with one attached hydrogen (secondary N) is 4. The van der Waals surface area contributed by atoms with Gasteiger partial charge in [-0.2, -0.15) is 0 Å². The van der Waals surface area contributed by atoms with E-state index in [1.165, 1.54) is 5.39 Å². The van der Waals surface area contributed by atoms with Crippen molar-refractivity contribution in [2.45, 2.75) is 0 Å². The zero-order valence-corrected chi connectivity index (χ0v) is 13.1. The van der Waals surface area contributed by atoms with Gasteiger partial charge in [0.1, 0.15) is 0 Å². The highest BCUT2D eigenvalue weighted by Crippen LogP contribution is 2.07. The summed E-state index contributed by atoms with van der Waals surface area (Å²) in [7, 11) is 0. The number of fused-ring (bicyclic) bond motifs is 1. The van der Waals surface area contributed by atoms with Crippen LogP contribution in [0.15, 0.2) is 42.6 Å². The number of aromatic nitrogens is 1. The van der Waals surface area contributed by atoms with E-state index >= 15 is 0 Å². The van der Waals surface area contributed by atoms with Crippen molar-refractivity contribution < 1.29 is 0 Å². The summed E-state index contributed by atoms with van der Waals surface area (Å²) in [6.45, 7) is 9.11. The minimum atomic E-state index is 1.06. The van der Waals surface area contributed by atoms with Crippen LogP contribution in [0.1, 0.15) is 0 Å². The van der Waals surface area contributed by atoms with E-state index < -0.39 is 0 Å². The molecule has 0 spiro atoms. The van der Waals surface area contributed by atoms with E-state index in [-0.39, 0.29) is 0 Å². The van der Waals surface area contributed by atoms with Gasteiger partial charge in [0.2, 0.25) is 0 Å². The van der Waals surface area contributed by atoms with Gasteiger partial charge in [0.25, 0.3) is 0 Å². The van der Waals surface area contributed by atoms with Crippen LogP contribution in [0.4, 0.5) is 0 Å². The largest absolute Gasteiger partial charge is 0.314 e. The molecule has 0 saturated carbocycles. The Morgan fingerprint density at radius 1 is 0.591 bits per heavy atom. The van der Waals surface area contributed by atoms with Gasteiger partial charge >= 0.3 is 0 Å². The number of pyridine rings is 1. The molecule has 4 N–H and O–H groups in total. The van der Waals surface area contributed by atoms with E-state index in [9.17, 15) is 0 Å². The zero-order chi connectivity index (χ0) is 15.3. The fourth-order valence-electron chi connectivity index (χ4n) is 2.22. The first-order valence-corrected chi connectivity index (χ1v) is 8.09. The molecule has 0 unspecified atom stereocenters. The van der Waals surface area contributed by atoms with Crippen LogP contribution in [0.25, 0.3) is 10.9 Å². The maximum atomic E-state index is 4.18. The van der Waals surface area contributed by atoms with Gasteiger partial charge in [-0.1, -0.05) is 24.3 Å². The summed E-state index contributed by atoms with van der Waals surface area (Å²) in [6.07, 6.45) is 1.81. The molecule has 3 heterocycles. The number of nitrogens with zero attached hydrogens (tertiary/aromatic N) is 1. The zero-order valence-electron chi connectivity index (χ0n) is 13.1. The molecule has 5 heteroatoms. The number of para-hydroxylation sites is 1. The third kappa shape index (κ3) is 6.95. The Morgan fingerprint density at radius 3 is 1.50 bits per heavy atom. The molecule has 120 valence electrons. The quantitative estimate of drug-likeness (QED) is 0.574. The monoisotopic (exact) mass is 301 g/mol. The van der Waals surface area contributed by atoms with Crippen molar-refractivity contribution in [2.24, 2.45) is 0 Å². The molecule has 0 radical (unpaired) electrons. The van der Waals surface area contributed by atoms with Crippen LogP contribution in [-0.4, -0.2) is 57.3 Å². The molecular formula is C17H27N5. The first-order valence-electron chi connectivity index (χ1n) is 8.09. The molecule has 0 bridgehead atoms.